The normalized spacial score (nSPS) is 21.7. The fourth-order valence-electron chi connectivity index (χ4n) is 3.56. The monoisotopic (exact) mass is 466 g/mol. The van der Waals surface area contributed by atoms with Gasteiger partial charge >= 0.3 is 170 Å². The molecule has 158 valence electrons. The van der Waals surface area contributed by atoms with E-state index in [1.807, 2.05) is 13.8 Å². The SMILES string of the molecule is CC(C)[C@H]([AsH]C(=O)[C@H](C)N)C(=O)NC[C@H](O)CC(C1CCCCC1)[PH](=O)O. The third kappa shape index (κ3) is 8.78. The number of aliphatic hydroxyl groups excluding tert-OH is 1. The third-order valence-corrected chi connectivity index (χ3v) is 10.7. The fourth-order valence-corrected chi connectivity index (χ4v) is 7.15. The average molecular weight is 466 g/mol. The molecule has 5 N–H and O–H groups in total. The Labute approximate surface area is 169 Å². The first-order valence-corrected chi connectivity index (χ1v) is 13.6. The molecule has 0 radical (unpaired) electrons. The van der Waals surface area contributed by atoms with Gasteiger partial charge in [-0.25, -0.2) is 0 Å². The van der Waals surface area contributed by atoms with Crippen molar-refractivity contribution >= 4 is 34.3 Å². The van der Waals surface area contributed by atoms with Crippen molar-refractivity contribution in [3.8, 4) is 0 Å². The Balaban J connectivity index is 2.56. The van der Waals surface area contributed by atoms with Crippen LogP contribution in [-0.4, -0.2) is 60.6 Å². The predicted octanol–water partition coefficient (Wildman–Crippen LogP) is 1.02. The number of nitrogens with one attached hydrogen (secondary N) is 1. The Morgan fingerprint density at radius 2 is 1.81 bits per heavy atom. The summed E-state index contributed by atoms with van der Waals surface area (Å²) < 4.78 is 11.4. The number of amides is 1. The van der Waals surface area contributed by atoms with Gasteiger partial charge in [-0.2, -0.15) is 0 Å². The summed E-state index contributed by atoms with van der Waals surface area (Å²) in [6.07, 6.45) is 4.52. The molecule has 0 heterocycles. The number of aliphatic hydroxyl groups is 1. The van der Waals surface area contributed by atoms with Gasteiger partial charge in [-0.15, -0.1) is 0 Å². The van der Waals surface area contributed by atoms with Crippen LogP contribution in [0.4, 0.5) is 0 Å². The topological polar surface area (TPSA) is 130 Å². The van der Waals surface area contributed by atoms with Gasteiger partial charge in [0, 0.05) is 0 Å². The number of hydrogen-bond donors (Lipinski definition) is 4. The van der Waals surface area contributed by atoms with Gasteiger partial charge in [0.15, 0.2) is 0 Å². The molecule has 0 aromatic heterocycles. The van der Waals surface area contributed by atoms with Crippen LogP contribution in [0.15, 0.2) is 0 Å². The molecule has 3 unspecified atom stereocenters. The Bertz CT molecular complexity index is 512. The van der Waals surface area contributed by atoms with Gasteiger partial charge in [-0.3, -0.25) is 0 Å². The quantitative estimate of drug-likeness (QED) is 0.266. The second kappa shape index (κ2) is 12.4. The van der Waals surface area contributed by atoms with E-state index < -0.39 is 41.6 Å². The van der Waals surface area contributed by atoms with Gasteiger partial charge in [-0.1, -0.05) is 0 Å². The van der Waals surface area contributed by atoms with Crippen LogP contribution in [0.5, 0.6) is 0 Å². The van der Waals surface area contributed by atoms with Gasteiger partial charge in [0.25, 0.3) is 0 Å². The van der Waals surface area contributed by atoms with E-state index in [2.05, 4.69) is 5.32 Å². The van der Waals surface area contributed by atoms with Crippen LogP contribution >= 0.6 is 8.03 Å². The number of carbonyl (C=O) groups excluding carboxylic acids is 2. The molecule has 0 aliphatic heterocycles. The van der Waals surface area contributed by atoms with Crippen LogP contribution in [0, 0.1) is 11.8 Å². The molecule has 1 aliphatic rings. The number of hydrogen-bond acceptors (Lipinski definition) is 5. The van der Waals surface area contributed by atoms with Crippen LogP contribution in [0.25, 0.3) is 0 Å². The van der Waals surface area contributed by atoms with E-state index in [0.717, 1.165) is 32.1 Å². The molecule has 1 rings (SSSR count). The zero-order valence-electron chi connectivity index (χ0n) is 16.6. The first-order valence-electron chi connectivity index (χ1n) is 9.88. The van der Waals surface area contributed by atoms with Crippen molar-refractivity contribution in [2.75, 3.05) is 6.54 Å². The maximum absolute atomic E-state index is 12.5. The van der Waals surface area contributed by atoms with Crippen LogP contribution in [-0.2, 0) is 14.2 Å². The van der Waals surface area contributed by atoms with E-state index in [-0.39, 0.29) is 40.0 Å². The summed E-state index contributed by atoms with van der Waals surface area (Å²) in [6, 6.07) is -0.553. The molecule has 1 aliphatic carbocycles. The van der Waals surface area contributed by atoms with Crippen molar-refractivity contribution in [3.63, 3.8) is 0 Å². The molecular formula is C18H36AsN2O5P. The predicted molar refractivity (Wildman–Crippen MR) is 110 cm³/mol. The van der Waals surface area contributed by atoms with E-state index in [1.165, 1.54) is 0 Å². The van der Waals surface area contributed by atoms with Gasteiger partial charge < -0.3 is 0 Å². The molecule has 1 saturated carbocycles. The molecule has 0 bridgehead atoms. The van der Waals surface area contributed by atoms with E-state index in [9.17, 15) is 24.2 Å². The molecule has 0 saturated heterocycles. The van der Waals surface area contributed by atoms with E-state index >= 15 is 0 Å². The Morgan fingerprint density at radius 3 is 2.30 bits per heavy atom. The number of nitrogens with two attached hydrogens (primary N) is 1. The van der Waals surface area contributed by atoms with Crippen molar-refractivity contribution in [1.82, 2.24) is 5.32 Å². The second-order valence-electron chi connectivity index (χ2n) is 8.00. The summed E-state index contributed by atoms with van der Waals surface area (Å²) in [5.74, 6) is -0.0307. The molecule has 9 heteroatoms. The van der Waals surface area contributed by atoms with Gasteiger partial charge in [0.05, 0.1) is 0 Å². The first-order chi connectivity index (χ1) is 12.6. The summed E-state index contributed by atoms with van der Waals surface area (Å²) in [6.45, 7) is 5.47. The van der Waals surface area contributed by atoms with E-state index in [0.29, 0.717) is 0 Å². The molecule has 0 aromatic rings. The van der Waals surface area contributed by atoms with Gasteiger partial charge in [0.1, 0.15) is 0 Å². The Hall–Kier alpha value is -0.192. The minimum atomic E-state index is -2.73. The summed E-state index contributed by atoms with van der Waals surface area (Å²) in [5, 5.41) is 13.0. The van der Waals surface area contributed by atoms with Gasteiger partial charge in [-0.05, 0) is 0 Å². The first kappa shape index (κ1) is 24.8. The molecule has 0 aromatic carbocycles. The molecule has 27 heavy (non-hydrogen) atoms. The van der Waals surface area contributed by atoms with Crippen molar-refractivity contribution in [2.24, 2.45) is 17.6 Å². The van der Waals surface area contributed by atoms with Crippen LogP contribution < -0.4 is 11.1 Å². The van der Waals surface area contributed by atoms with Crippen LogP contribution in [0.3, 0.4) is 0 Å². The summed E-state index contributed by atoms with van der Waals surface area (Å²) in [4.78, 5) is 34.1. The molecule has 7 nitrogen and oxygen atoms in total. The molecule has 0 spiro atoms. The van der Waals surface area contributed by atoms with Crippen LogP contribution in [0.1, 0.15) is 59.3 Å². The molecular weight excluding hydrogens is 430 g/mol. The zero-order chi connectivity index (χ0) is 20.6. The van der Waals surface area contributed by atoms with Crippen molar-refractivity contribution in [3.05, 3.63) is 0 Å². The number of carbonyl (C=O) groups is 2. The Morgan fingerprint density at radius 1 is 1.22 bits per heavy atom. The van der Waals surface area contributed by atoms with E-state index in [4.69, 9.17) is 5.73 Å². The molecule has 1 fully saturated rings. The van der Waals surface area contributed by atoms with Crippen molar-refractivity contribution < 1.29 is 24.2 Å². The summed E-state index contributed by atoms with van der Waals surface area (Å²) in [7, 11) is -2.73. The third-order valence-electron chi connectivity index (χ3n) is 5.23. The maximum atomic E-state index is 12.5. The zero-order valence-corrected chi connectivity index (χ0v) is 19.7. The summed E-state index contributed by atoms with van der Waals surface area (Å²) >= 11 is -1.19. The van der Waals surface area contributed by atoms with Crippen molar-refractivity contribution in [2.45, 2.75) is 81.8 Å². The number of rotatable bonds is 11. The fraction of sp³-hybridized carbons (Fsp3) is 0.889. The Kier molecular flexibility index (Phi) is 11.4. The molecule has 6 atom stereocenters. The minimum absolute atomic E-state index is 0.0220. The summed E-state index contributed by atoms with van der Waals surface area (Å²) in [5.41, 5.74) is 5.23. The molecule has 1 amide bonds. The van der Waals surface area contributed by atoms with E-state index in [1.54, 1.807) is 6.92 Å². The van der Waals surface area contributed by atoms with Crippen molar-refractivity contribution in [1.29, 1.82) is 0 Å². The van der Waals surface area contributed by atoms with Gasteiger partial charge in [0.2, 0.25) is 0 Å². The average Bonchev–Trinajstić information content (AvgIpc) is 2.61. The van der Waals surface area contributed by atoms with Crippen LogP contribution in [0.2, 0.25) is 4.71 Å². The standard InChI is InChI=1S/C18H36AsN2O5P/c1-11(2)16(19-17(23)12(3)20)18(24)21-10-14(22)9-15(27(25)26)13-7-5-4-6-8-13/h11-16,19,22,27H,4-10,20H2,1-3H3,(H,21,24)(H,25,26)/t12-,14+,15?,16-/m0/s1. The second-order valence-corrected chi connectivity index (χ2v) is 12.4.